The molecule has 2 N–H and O–H groups in total. The number of carbonyl (C=O) groups is 2. The molecule has 0 aliphatic rings. The molecule has 2 aromatic carbocycles. The van der Waals surface area contributed by atoms with Crippen molar-refractivity contribution < 1.29 is 32.2 Å². The van der Waals surface area contributed by atoms with Crippen molar-refractivity contribution in [3.8, 4) is 22.9 Å². The molecule has 13 heteroatoms. The number of hydrogen-bond donors (Lipinski definition) is 2. The highest BCUT2D eigenvalue weighted by Crippen LogP contribution is 2.30. The van der Waals surface area contributed by atoms with Gasteiger partial charge in [0.15, 0.2) is 17.4 Å². The number of amides is 3. The van der Waals surface area contributed by atoms with Gasteiger partial charge in [0.05, 0.1) is 12.3 Å². The van der Waals surface area contributed by atoms with Crippen LogP contribution >= 0.6 is 0 Å². The van der Waals surface area contributed by atoms with E-state index in [1.165, 1.54) is 61.7 Å². The average Bonchev–Trinajstić information content (AvgIpc) is 2.92. The van der Waals surface area contributed by atoms with E-state index in [0.717, 1.165) is 16.7 Å². The van der Waals surface area contributed by atoms with E-state index in [2.05, 4.69) is 15.6 Å². The summed E-state index contributed by atoms with van der Waals surface area (Å²) in [6.07, 6.45) is 2.65. The number of hydrogen-bond acceptors (Lipinski definition) is 6. The molecule has 3 amide bonds. The maximum absolute atomic E-state index is 15.0. The zero-order valence-corrected chi connectivity index (χ0v) is 22.1. The topological polar surface area (TPSA) is 115 Å². The monoisotopic (exact) mass is 567 g/mol. The van der Waals surface area contributed by atoms with Crippen LogP contribution in [0.5, 0.6) is 17.2 Å². The summed E-state index contributed by atoms with van der Waals surface area (Å²) in [5.41, 5.74) is -1.58. The molecule has 2 aromatic heterocycles. The fourth-order valence-corrected chi connectivity index (χ4v) is 3.59. The highest BCUT2D eigenvalue weighted by Gasteiger charge is 2.22. The molecule has 10 nitrogen and oxygen atoms in total. The summed E-state index contributed by atoms with van der Waals surface area (Å²) in [5.74, 6) is -4.08. The summed E-state index contributed by atoms with van der Waals surface area (Å²) >= 11 is 0. The molecule has 0 aliphatic heterocycles. The summed E-state index contributed by atoms with van der Waals surface area (Å²) in [7, 11) is 3.07. The van der Waals surface area contributed by atoms with Crippen LogP contribution in [0.25, 0.3) is 5.69 Å². The lowest BCUT2D eigenvalue weighted by Crippen LogP contribution is -2.29. The molecule has 0 unspecified atom stereocenters. The van der Waals surface area contributed by atoms with Crippen LogP contribution in [0.15, 0.2) is 71.8 Å². The van der Waals surface area contributed by atoms with Crippen LogP contribution in [-0.4, -0.2) is 47.1 Å². The Kier molecular flexibility index (Phi) is 8.56. The molecule has 4 aromatic rings. The Morgan fingerprint density at radius 2 is 1.68 bits per heavy atom. The summed E-state index contributed by atoms with van der Waals surface area (Å²) in [6, 6.07) is 9.97. The minimum Gasteiger partial charge on any atom is -0.493 e. The summed E-state index contributed by atoms with van der Waals surface area (Å²) in [4.78, 5) is 43.5. The van der Waals surface area contributed by atoms with Gasteiger partial charge < -0.3 is 19.7 Å². The lowest BCUT2D eigenvalue weighted by atomic mass is 10.2. The van der Waals surface area contributed by atoms with Crippen LogP contribution in [-0.2, 0) is 0 Å². The first-order valence-corrected chi connectivity index (χ1v) is 12.1. The predicted molar refractivity (Wildman–Crippen MR) is 144 cm³/mol. The molecule has 0 fully saturated rings. The Morgan fingerprint density at radius 3 is 2.37 bits per heavy atom. The van der Waals surface area contributed by atoms with E-state index in [1.807, 2.05) is 0 Å². The molecule has 0 bridgehead atoms. The zero-order chi connectivity index (χ0) is 29.7. The van der Waals surface area contributed by atoms with Crippen molar-refractivity contribution in [3.63, 3.8) is 0 Å². The molecule has 0 atom stereocenters. The molecule has 4 rings (SSSR count). The molecule has 0 radical (unpaired) electrons. The van der Waals surface area contributed by atoms with Gasteiger partial charge in [-0.2, -0.15) is 0 Å². The fraction of sp³-hybridized carbons (Fsp3) is 0.143. The molecular formula is C28H24F3N5O5. The van der Waals surface area contributed by atoms with Crippen LogP contribution in [0, 0.1) is 17.5 Å². The maximum Gasteiger partial charge on any atom is 0.322 e. The van der Waals surface area contributed by atoms with Gasteiger partial charge in [-0.05, 0) is 43.3 Å². The van der Waals surface area contributed by atoms with Crippen molar-refractivity contribution >= 4 is 23.4 Å². The number of benzene rings is 2. The van der Waals surface area contributed by atoms with Crippen LogP contribution in [0.2, 0.25) is 0 Å². The first kappa shape index (κ1) is 28.7. The largest absolute Gasteiger partial charge is 0.493 e. The lowest BCUT2D eigenvalue weighted by molar-refractivity contribution is 0.102. The highest BCUT2D eigenvalue weighted by atomic mass is 19.1. The van der Waals surface area contributed by atoms with Crippen molar-refractivity contribution in [2.75, 3.05) is 31.3 Å². The molecule has 0 spiro atoms. The molecular weight excluding hydrogens is 543 g/mol. The standard InChI is InChI=1S/C28H24F3N5O5/c1-4-40-22-10-12-36(17-7-5-16(29)6-8-17)27(38)25(22)26(37)33-21-14-20(31)23(15-19(21)30)41-18-9-11-32-24(13-18)34-28(39)35(2)3/h5-15H,4H2,1-3H3,(H,33,37)(H,32,34,39). The zero-order valence-electron chi connectivity index (χ0n) is 22.1. The fourth-order valence-electron chi connectivity index (χ4n) is 3.59. The number of ether oxygens (including phenoxy) is 2. The van der Waals surface area contributed by atoms with Gasteiger partial charge in [-0.15, -0.1) is 0 Å². The van der Waals surface area contributed by atoms with E-state index in [-0.39, 0.29) is 29.6 Å². The van der Waals surface area contributed by atoms with Crippen LogP contribution in [0.1, 0.15) is 17.3 Å². The first-order chi connectivity index (χ1) is 19.6. The normalized spacial score (nSPS) is 10.6. The Balaban J connectivity index is 1.60. The third-order valence-corrected chi connectivity index (χ3v) is 5.56. The van der Waals surface area contributed by atoms with Gasteiger partial charge in [0.25, 0.3) is 11.5 Å². The van der Waals surface area contributed by atoms with Gasteiger partial charge in [-0.1, -0.05) is 0 Å². The number of carbonyl (C=O) groups excluding carboxylic acids is 2. The summed E-state index contributed by atoms with van der Waals surface area (Å²) in [6.45, 7) is 1.76. The SMILES string of the molecule is CCOc1ccn(-c2ccc(F)cc2)c(=O)c1C(=O)Nc1cc(F)c(Oc2ccnc(NC(=O)N(C)C)c2)cc1F. The van der Waals surface area contributed by atoms with Crippen molar-refractivity contribution in [3.05, 3.63) is 100 Å². The van der Waals surface area contributed by atoms with E-state index in [9.17, 15) is 27.6 Å². The second-order valence-electron chi connectivity index (χ2n) is 8.66. The molecule has 41 heavy (non-hydrogen) atoms. The second kappa shape index (κ2) is 12.2. The van der Waals surface area contributed by atoms with Crippen LogP contribution in [0.4, 0.5) is 29.5 Å². The number of urea groups is 1. The Labute approximate surface area is 232 Å². The summed E-state index contributed by atoms with van der Waals surface area (Å²) in [5, 5.41) is 4.70. The molecule has 0 saturated carbocycles. The van der Waals surface area contributed by atoms with E-state index in [1.54, 1.807) is 6.92 Å². The van der Waals surface area contributed by atoms with Gasteiger partial charge in [-0.3, -0.25) is 19.5 Å². The Morgan fingerprint density at radius 1 is 0.951 bits per heavy atom. The molecule has 2 heterocycles. The molecule has 0 saturated heterocycles. The van der Waals surface area contributed by atoms with Gasteiger partial charge in [0.2, 0.25) is 0 Å². The van der Waals surface area contributed by atoms with Crippen LogP contribution < -0.4 is 25.7 Å². The van der Waals surface area contributed by atoms with Crippen molar-refractivity contribution in [1.29, 1.82) is 0 Å². The average molecular weight is 568 g/mol. The van der Waals surface area contributed by atoms with Crippen molar-refractivity contribution in [1.82, 2.24) is 14.5 Å². The quantitative estimate of drug-likeness (QED) is 0.303. The number of rotatable bonds is 8. The van der Waals surface area contributed by atoms with E-state index in [0.29, 0.717) is 12.1 Å². The first-order valence-electron chi connectivity index (χ1n) is 12.1. The third kappa shape index (κ3) is 6.64. The number of halogens is 3. The number of pyridine rings is 2. The van der Waals surface area contributed by atoms with Crippen LogP contribution in [0.3, 0.4) is 0 Å². The number of aromatic nitrogens is 2. The summed E-state index contributed by atoms with van der Waals surface area (Å²) < 4.78 is 55.2. The predicted octanol–water partition coefficient (Wildman–Crippen LogP) is 5.19. The maximum atomic E-state index is 15.0. The minimum atomic E-state index is -1.06. The third-order valence-electron chi connectivity index (χ3n) is 5.56. The van der Waals surface area contributed by atoms with Gasteiger partial charge >= 0.3 is 6.03 Å². The van der Waals surface area contributed by atoms with E-state index < -0.39 is 51.9 Å². The van der Waals surface area contributed by atoms with Crippen molar-refractivity contribution in [2.24, 2.45) is 0 Å². The molecule has 0 aliphatic carbocycles. The lowest BCUT2D eigenvalue weighted by Gasteiger charge is -2.15. The number of nitrogens with zero attached hydrogens (tertiary/aromatic N) is 3. The van der Waals surface area contributed by atoms with Gasteiger partial charge in [0, 0.05) is 50.4 Å². The Bertz CT molecular complexity index is 1660. The van der Waals surface area contributed by atoms with Gasteiger partial charge in [0.1, 0.15) is 28.7 Å². The molecule has 212 valence electrons. The minimum absolute atomic E-state index is 0.0520. The van der Waals surface area contributed by atoms with Crippen molar-refractivity contribution in [2.45, 2.75) is 6.92 Å². The number of anilines is 2. The second-order valence-corrected chi connectivity index (χ2v) is 8.66. The van der Waals surface area contributed by atoms with E-state index >= 15 is 0 Å². The number of nitrogens with one attached hydrogen (secondary N) is 2. The van der Waals surface area contributed by atoms with E-state index in [4.69, 9.17) is 9.47 Å². The van der Waals surface area contributed by atoms with Gasteiger partial charge in [-0.25, -0.2) is 22.9 Å². The smallest absolute Gasteiger partial charge is 0.322 e. The highest BCUT2D eigenvalue weighted by molar-refractivity contribution is 6.06. The Hall–Kier alpha value is -5.33.